The van der Waals surface area contributed by atoms with Crippen LogP contribution in [-0.4, -0.2) is 22.6 Å². The lowest BCUT2D eigenvalue weighted by molar-refractivity contribution is -0.111. The highest BCUT2D eigenvalue weighted by atomic mass is 16.5. The van der Waals surface area contributed by atoms with Gasteiger partial charge in [0.15, 0.2) is 0 Å². The van der Waals surface area contributed by atoms with E-state index in [1.54, 1.807) is 13.2 Å². The van der Waals surface area contributed by atoms with Crippen LogP contribution >= 0.6 is 0 Å². The first-order chi connectivity index (χ1) is 11.2. The summed E-state index contributed by atoms with van der Waals surface area (Å²) < 4.78 is 6.96. The van der Waals surface area contributed by atoms with Crippen LogP contribution in [0, 0.1) is 0 Å². The van der Waals surface area contributed by atoms with Crippen LogP contribution in [0.15, 0.2) is 54.6 Å². The van der Waals surface area contributed by atoms with Gasteiger partial charge in [-0.15, -0.1) is 0 Å². The third-order valence-corrected chi connectivity index (χ3v) is 3.57. The van der Waals surface area contributed by atoms with Gasteiger partial charge in [-0.1, -0.05) is 24.3 Å². The molecule has 1 amide bonds. The summed E-state index contributed by atoms with van der Waals surface area (Å²) >= 11 is 0. The van der Waals surface area contributed by atoms with Gasteiger partial charge < -0.3 is 9.30 Å². The highest BCUT2D eigenvalue weighted by molar-refractivity contribution is 6.01. The van der Waals surface area contributed by atoms with Gasteiger partial charge in [-0.3, -0.25) is 10.1 Å². The fraction of sp³-hybridized carbons (Fsp3) is 0.111. The van der Waals surface area contributed by atoms with Crippen LogP contribution in [0.1, 0.15) is 5.56 Å². The number of amides is 1. The van der Waals surface area contributed by atoms with Crippen LogP contribution in [0.4, 0.5) is 5.95 Å². The fourth-order valence-corrected chi connectivity index (χ4v) is 2.30. The number of fused-ring (bicyclic) bond motifs is 1. The number of hydrogen-bond acceptors (Lipinski definition) is 3. The smallest absolute Gasteiger partial charge is 0.250 e. The zero-order chi connectivity index (χ0) is 16.2. The number of aryl methyl sites for hydroxylation is 1. The van der Waals surface area contributed by atoms with Crippen molar-refractivity contribution in [1.82, 2.24) is 9.55 Å². The van der Waals surface area contributed by atoms with E-state index in [4.69, 9.17) is 4.74 Å². The number of anilines is 1. The SMILES string of the molecule is COc1ccc(C=CC(=O)Nc2nc3ccccc3n2C)cc1. The van der Waals surface area contributed by atoms with Gasteiger partial charge in [-0.05, 0) is 35.9 Å². The molecule has 0 saturated heterocycles. The lowest BCUT2D eigenvalue weighted by atomic mass is 10.2. The first kappa shape index (κ1) is 14.8. The number of methoxy groups -OCH3 is 1. The Morgan fingerprint density at radius 1 is 1.17 bits per heavy atom. The van der Waals surface area contributed by atoms with Crippen molar-refractivity contribution in [2.45, 2.75) is 0 Å². The van der Waals surface area contributed by atoms with E-state index in [0.717, 1.165) is 22.3 Å². The van der Waals surface area contributed by atoms with E-state index in [0.29, 0.717) is 5.95 Å². The van der Waals surface area contributed by atoms with Gasteiger partial charge in [0.05, 0.1) is 18.1 Å². The Morgan fingerprint density at radius 3 is 2.61 bits per heavy atom. The van der Waals surface area contributed by atoms with E-state index in [2.05, 4.69) is 10.3 Å². The zero-order valence-electron chi connectivity index (χ0n) is 13.0. The number of rotatable bonds is 4. The molecule has 0 fully saturated rings. The molecule has 5 heteroatoms. The Balaban J connectivity index is 1.72. The number of aromatic nitrogens is 2. The summed E-state index contributed by atoms with van der Waals surface area (Å²) in [7, 11) is 3.49. The minimum absolute atomic E-state index is 0.223. The van der Waals surface area contributed by atoms with E-state index >= 15 is 0 Å². The number of benzene rings is 2. The molecule has 5 nitrogen and oxygen atoms in total. The number of nitrogens with zero attached hydrogens (tertiary/aromatic N) is 2. The number of ether oxygens (including phenoxy) is 1. The molecule has 0 radical (unpaired) electrons. The normalized spacial score (nSPS) is 11.0. The van der Waals surface area contributed by atoms with Crippen molar-refractivity contribution < 1.29 is 9.53 Å². The third-order valence-electron chi connectivity index (χ3n) is 3.57. The number of hydrogen-bond donors (Lipinski definition) is 1. The Kier molecular flexibility index (Phi) is 4.10. The number of nitrogens with one attached hydrogen (secondary N) is 1. The summed E-state index contributed by atoms with van der Waals surface area (Å²) in [6.45, 7) is 0. The third kappa shape index (κ3) is 3.23. The number of imidazole rings is 1. The molecule has 1 heterocycles. The molecule has 0 aliphatic carbocycles. The van der Waals surface area contributed by atoms with E-state index < -0.39 is 0 Å². The van der Waals surface area contributed by atoms with Crippen LogP contribution in [-0.2, 0) is 11.8 Å². The van der Waals surface area contributed by atoms with Gasteiger partial charge >= 0.3 is 0 Å². The topological polar surface area (TPSA) is 56.1 Å². The molecule has 0 aliphatic rings. The second kappa shape index (κ2) is 6.36. The van der Waals surface area contributed by atoms with Crippen molar-refractivity contribution in [2.24, 2.45) is 7.05 Å². The summed E-state index contributed by atoms with van der Waals surface area (Å²) in [6, 6.07) is 15.2. The maximum atomic E-state index is 12.1. The van der Waals surface area contributed by atoms with Crippen molar-refractivity contribution >= 4 is 29.0 Å². The first-order valence-electron chi connectivity index (χ1n) is 7.22. The molecule has 0 saturated carbocycles. The van der Waals surface area contributed by atoms with Crippen LogP contribution in [0.5, 0.6) is 5.75 Å². The monoisotopic (exact) mass is 307 g/mol. The molecular formula is C18H17N3O2. The largest absolute Gasteiger partial charge is 0.497 e. The van der Waals surface area contributed by atoms with Gasteiger partial charge in [0.2, 0.25) is 5.95 Å². The zero-order valence-corrected chi connectivity index (χ0v) is 13.0. The van der Waals surface area contributed by atoms with E-state index in [1.165, 1.54) is 6.08 Å². The Hall–Kier alpha value is -3.08. The highest BCUT2D eigenvalue weighted by Crippen LogP contribution is 2.17. The van der Waals surface area contributed by atoms with Crippen molar-refractivity contribution in [2.75, 3.05) is 12.4 Å². The maximum absolute atomic E-state index is 12.1. The highest BCUT2D eigenvalue weighted by Gasteiger charge is 2.08. The summed E-state index contributed by atoms with van der Waals surface area (Å²) in [4.78, 5) is 16.5. The molecule has 0 unspecified atom stereocenters. The predicted molar refractivity (Wildman–Crippen MR) is 91.4 cm³/mol. The quantitative estimate of drug-likeness (QED) is 0.753. The lowest BCUT2D eigenvalue weighted by Crippen LogP contribution is -2.11. The predicted octanol–water partition coefficient (Wildman–Crippen LogP) is 3.23. The lowest BCUT2D eigenvalue weighted by Gasteiger charge is -2.02. The number of carbonyl (C=O) groups excluding carboxylic acids is 1. The van der Waals surface area contributed by atoms with Gasteiger partial charge in [-0.2, -0.15) is 0 Å². The van der Waals surface area contributed by atoms with Crippen LogP contribution < -0.4 is 10.1 Å². The molecule has 0 atom stereocenters. The summed E-state index contributed by atoms with van der Waals surface area (Å²) in [5, 5.41) is 2.79. The molecular weight excluding hydrogens is 290 g/mol. The minimum atomic E-state index is -0.223. The van der Waals surface area contributed by atoms with Crippen molar-refractivity contribution in [3.8, 4) is 5.75 Å². The molecule has 0 aliphatic heterocycles. The van der Waals surface area contributed by atoms with Crippen molar-refractivity contribution in [1.29, 1.82) is 0 Å². The number of para-hydroxylation sites is 2. The summed E-state index contributed by atoms with van der Waals surface area (Å²) in [5.41, 5.74) is 2.75. The van der Waals surface area contributed by atoms with Gasteiger partial charge in [0.25, 0.3) is 5.91 Å². The second-order valence-electron chi connectivity index (χ2n) is 5.08. The molecule has 0 bridgehead atoms. The number of carbonyl (C=O) groups is 1. The maximum Gasteiger partial charge on any atom is 0.250 e. The van der Waals surface area contributed by atoms with Crippen LogP contribution in [0.3, 0.4) is 0 Å². The van der Waals surface area contributed by atoms with Crippen LogP contribution in [0.2, 0.25) is 0 Å². The molecule has 23 heavy (non-hydrogen) atoms. The van der Waals surface area contributed by atoms with Crippen molar-refractivity contribution in [3.05, 3.63) is 60.2 Å². The molecule has 116 valence electrons. The molecule has 1 aromatic heterocycles. The Morgan fingerprint density at radius 2 is 1.91 bits per heavy atom. The summed E-state index contributed by atoms with van der Waals surface area (Å²) in [6.07, 6.45) is 3.23. The Bertz CT molecular complexity index is 864. The summed E-state index contributed by atoms with van der Waals surface area (Å²) in [5.74, 6) is 1.08. The average Bonchev–Trinajstić information content (AvgIpc) is 2.90. The molecule has 2 aromatic carbocycles. The van der Waals surface area contributed by atoms with Gasteiger partial charge in [0.1, 0.15) is 5.75 Å². The molecule has 3 rings (SSSR count). The van der Waals surface area contributed by atoms with Crippen molar-refractivity contribution in [3.63, 3.8) is 0 Å². The van der Waals surface area contributed by atoms with E-state index in [9.17, 15) is 4.79 Å². The standard InChI is InChI=1S/C18H17N3O2/c1-21-16-6-4-3-5-15(16)19-18(21)20-17(22)12-9-13-7-10-14(23-2)11-8-13/h3-12H,1-2H3,(H,19,20,22). The van der Waals surface area contributed by atoms with E-state index in [-0.39, 0.29) is 5.91 Å². The minimum Gasteiger partial charge on any atom is -0.497 e. The second-order valence-corrected chi connectivity index (χ2v) is 5.08. The first-order valence-corrected chi connectivity index (χ1v) is 7.22. The molecule has 1 N–H and O–H groups in total. The van der Waals surface area contributed by atoms with E-state index in [1.807, 2.05) is 60.1 Å². The average molecular weight is 307 g/mol. The molecule has 3 aromatic rings. The van der Waals surface area contributed by atoms with Gasteiger partial charge in [0, 0.05) is 13.1 Å². The van der Waals surface area contributed by atoms with Gasteiger partial charge in [-0.25, -0.2) is 4.98 Å². The fourth-order valence-electron chi connectivity index (χ4n) is 2.30. The molecule has 0 spiro atoms. The van der Waals surface area contributed by atoms with Crippen LogP contribution in [0.25, 0.3) is 17.1 Å². The Labute approximate surface area is 134 Å².